The van der Waals surface area contributed by atoms with Crippen molar-refractivity contribution in [3.05, 3.63) is 90.5 Å². The second kappa shape index (κ2) is 10.3. The minimum Gasteiger partial charge on any atom is -0.497 e. The first-order valence-electron chi connectivity index (χ1n) is 11.9. The zero-order valence-corrected chi connectivity index (χ0v) is 23.5. The van der Waals surface area contributed by atoms with Gasteiger partial charge >= 0.3 is 4.87 Å². The van der Waals surface area contributed by atoms with Crippen molar-refractivity contribution in [1.29, 1.82) is 0 Å². The van der Waals surface area contributed by atoms with Crippen molar-refractivity contribution >= 4 is 75.1 Å². The molecule has 1 saturated heterocycles. The summed E-state index contributed by atoms with van der Waals surface area (Å²) in [6.45, 7) is -0.221. The molecule has 2 unspecified atom stereocenters. The molecule has 2 aliphatic heterocycles. The second-order valence-corrected chi connectivity index (χ2v) is 12.5. The molecule has 1 N–H and O–H groups in total. The molecular weight excluding hydrogens is 578 g/mol. The molecule has 198 valence electrons. The topological polar surface area (TPSA) is 97.7 Å². The second-order valence-electron chi connectivity index (χ2n) is 8.95. The summed E-state index contributed by atoms with van der Waals surface area (Å²) in [5.41, 5.74) is 1.02. The average Bonchev–Trinajstić information content (AvgIpc) is 3.63. The third-order valence-electron chi connectivity index (χ3n) is 6.66. The Balaban J connectivity index is 1.35. The Morgan fingerprint density at radius 2 is 1.77 bits per heavy atom. The van der Waals surface area contributed by atoms with Gasteiger partial charge in [-0.05, 0) is 60.0 Å². The number of nitrogens with zero attached hydrogens (tertiary/aromatic N) is 2. The van der Waals surface area contributed by atoms with Gasteiger partial charge in [0.1, 0.15) is 17.5 Å². The predicted octanol–water partition coefficient (Wildman–Crippen LogP) is 5.07. The van der Waals surface area contributed by atoms with E-state index in [1.807, 2.05) is 17.5 Å². The van der Waals surface area contributed by atoms with Crippen LogP contribution >= 0.6 is 46.0 Å². The predicted molar refractivity (Wildman–Crippen MR) is 153 cm³/mol. The number of hydrogen-bond donors (Lipinski definition) is 1. The van der Waals surface area contributed by atoms with Gasteiger partial charge in [-0.15, -0.1) is 11.3 Å². The molecule has 0 radical (unpaired) electrons. The highest BCUT2D eigenvalue weighted by atomic mass is 35.5. The van der Waals surface area contributed by atoms with E-state index in [-0.39, 0.29) is 29.1 Å². The fraction of sp³-hybridized carbons (Fsp3) is 0.185. The van der Waals surface area contributed by atoms with Crippen molar-refractivity contribution in [3.8, 4) is 5.75 Å². The van der Waals surface area contributed by atoms with Crippen LogP contribution in [0.4, 0.5) is 11.4 Å². The van der Waals surface area contributed by atoms with E-state index >= 15 is 0 Å². The average molecular weight is 598 g/mol. The lowest BCUT2D eigenvalue weighted by atomic mass is 9.87. The summed E-state index contributed by atoms with van der Waals surface area (Å²) in [5.74, 6) is -1.53. The van der Waals surface area contributed by atoms with E-state index in [1.54, 1.807) is 55.6 Å². The smallest absolute Gasteiger partial charge is 0.308 e. The van der Waals surface area contributed by atoms with E-state index < -0.39 is 17.1 Å². The van der Waals surface area contributed by atoms with Crippen LogP contribution in [0, 0.1) is 5.92 Å². The molecule has 2 aliphatic rings. The lowest BCUT2D eigenvalue weighted by Gasteiger charge is -2.29. The van der Waals surface area contributed by atoms with Crippen LogP contribution < -0.4 is 19.8 Å². The molecule has 0 bridgehead atoms. The van der Waals surface area contributed by atoms with Crippen LogP contribution in [0.15, 0.2) is 75.9 Å². The number of aromatic nitrogens is 1. The zero-order chi connectivity index (χ0) is 27.3. The fourth-order valence-corrected chi connectivity index (χ4v) is 8.74. The number of anilines is 2. The number of thioether (sulfide) groups is 1. The van der Waals surface area contributed by atoms with E-state index in [9.17, 15) is 19.2 Å². The molecule has 0 saturated carbocycles. The number of hydrogen-bond acceptors (Lipinski definition) is 8. The van der Waals surface area contributed by atoms with Gasteiger partial charge in [0.15, 0.2) is 0 Å². The maximum absolute atomic E-state index is 13.8. The number of ether oxygens (including phenoxy) is 1. The first-order chi connectivity index (χ1) is 18.9. The maximum atomic E-state index is 13.8. The van der Waals surface area contributed by atoms with Gasteiger partial charge in [0.2, 0.25) is 17.7 Å². The third-order valence-corrected chi connectivity index (χ3v) is 10.5. The molecule has 2 aromatic carbocycles. The number of benzene rings is 2. The lowest BCUT2D eigenvalue weighted by molar-refractivity contribution is -0.122. The number of rotatable bonds is 6. The van der Waals surface area contributed by atoms with Crippen LogP contribution in [0.1, 0.15) is 15.7 Å². The van der Waals surface area contributed by atoms with Crippen molar-refractivity contribution in [2.24, 2.45) is 5.92 Å². The van der Waals surface area contributed by atoms with Crippen LogP contribution in [0.3, 0.4) is 0 Å². The maximum Gasteiger partial charge on any atom is 0.308 e. The van der Waals surface area contributed by atoms with Crippen molar-refractivity contribution < 1.29 is 19.1 Å². The highest BCUT2D eigenvalue weighted by molar-refractivity contribution is 8.00. The number of nitrogens with one attached hydrogen (secondary N) is 1. The van der Waals surface area contributed by atoms with Gasteiger partial charge in [-0.3, -0.25) is 23.7 Å². The highest BCUT2D eigenvalue weighted by Crippen LogP contribution is 2.54. The molecule has 3 amide bonds. The van der Waals surface area contributed by atoms with E-state index in [4.69, 9.17) is 16.3 Å². The third kappa shape index (κ3) is 4.59. The van der Waals surface area contributed by atoms with Crippen molar-refractivity contribution in [1.82, 2.24) is 4.57 Å². The van der Waals surface area contributed by atoms with Crippen LogP contribution in [0.25, 0.3) is 0 Å². The molecule has 0 spiro atoms. The molecule has 12 heteroatoms. The lowest BCUT2D eigenvalue weighted by Crippen LogP contribution is -2.32. The van der Waals surface area contributed by atoms with E-state index in [1.165, 1.54) is 32.6 Å². The summed E-state index contributed by atoms with van der Waals surface area (Å²) in [6.07, 6.45) is 0. The molecule has 8 nitrogen and oxygen atoms in total. The number of thiophene rings is 1. The number of imide groups is 1. The number of methoxy groups -OCH3 is 1. The first-order valence-corrected chi connectivity index (χ1v) is 14.8. The number of halogens is 1. The molecule has 0 aliphatic carbocycles. The summed E-state index contributed by atoms with van der Waals surface area (Å²) in [7, 11) is 1.56. The number of thiazole rings is 1. The van der Waals surface area contributed by atoms with Crippen LogP contribution in [-0.2, 0) is 20.9 Å². The Bertz CT molecular complexity index is 1630. The standard InChI is InChI=1S/C27H20ClN3O5S3/c1-36-17-10-6-15(7-11-17)29-19(32)13-30-26-23(39-27(30)35)20(18-3-2-12-37-18)21-22(38-26)25(34)31(24(21)33)16-8-4-14(28)5-9-16/h2-12,20-22H,13H2,1H3,(H,29,32)/t20-,21?,22?/m1/s1. The summed E-state index contributed by atoms with van der Waals surface area (Å²) >= 11 is 9.71. The zero-order valence-electron chi connectivity index (χ0n) is 20.3. The Hall–Kier alpha value is -3.38. The molecule has 2 aromatic heterocycles. The Labute approximate surface area is 240 Å². The van der Waals surface area contributed by atoms with Crippen molar-refractivity contribution in [2.45, 2.75) is 22.7 Å². The molecule has 6 rings (SSSR count). The minimum atomic E-state index is -0.738. The van der Waals surface area contributed by atoms with Gasteiger partial charge in [0, 0.05) is 26.4 Å². The molecule has 39 heavy (non-hydrogen) atoms. The highest BCUT2D eigenvalue weighted by Gasteiger charge is 2.57. The van der Waals surface area contributed by atoms with Gasteiger partial charge in [-0.1, -0.05) is 40.8 Å². The molecule has 3 atom stereocenters. The van der Waals surface area contributed by atoms with Gasteiger partial charge in [-0.2, -0.15) is 0 Å². The number of fused-ring (bicyclic) bond motifs is 2. The molecule has 1 fully saturated rings. The Kier molecular flexibility index (Phi) is 6.84. The van der Waals surface area contributed by atoms with Gasteiger partial charge in [-0.25, -0.2) is 4.90 Å². The van der Waals surface area contributed by atoms with Gasteiger partial charge in [0.25, 0.3) is 0 Å². The summed E-state index contributed by atoms with van der Waals surface area (Å²) in [4.78, 5) is 56.1. The summed E-state index contributed by atoms with van der Waals surface area (Å²) in [5, 5.41) is 5.02. The number of amides is 3. The fourth-order valence-electron chi connectivity index (χ4n) is 4.89. The van der Waals surface area contributed by atoms with Crippen LogP contribution in [0.5, 0.6) is 5.75 Å². The van der Waals surface area contributed by atoms with Gasteiger partial charge in [0.05, 0.1) is 23.7 Å². The number of carbonyl (C=O) groups excluding carboxylic acids is 3. The SMILES string of the molecule is COc1ccc(NC(=O)Cn2c3c(sc2=O)[C@H](c2cccs2)C2C(=O)N(c4ccc(Cl)cc4)C(=O)C2S3)cc1. The number of carbonyl (C=O) groups is 3. The van der Waals surface area contributed by atoms with Crippen LogP contribution in [-0.4, -0.2) is 34.6 Å². The largest absolute Gasteiger partial charge is 0.497 e. The Morgan fingerprint density at radius 1 is 1.03 bits per heavy atom. The van der Waals surface area contributed by atoms with Crippen molar-refractivity contribution in [2.75, 3.05) is 17.3 Å². The quantitative estimate of drug-likeness (QED) is 0.312. The monoisotopic (exact) mass is 597 g/mol. The minimum absolute atomic E-state index is 0.221. The van der Waals surface area contributed by atoms with E-state index in [2.05, 4.69) is 5.32 Å². The molecular formula is C27H20ClN3O5S3. The van der Waals surface area contributed by atoms with Crippen molar-refractivity contribution in [3.63, 3.8) is 0 Å². The summed E-state index contributed by atoms with van der Waals surface area (Å²) < 4.78 is 6.56. The first kappa shape index (κ1) is 25.9. The van der Waals surface area contributed by atoms with Gasteiger partial charge < -0.3 is 10.1 Å². The van der Waals surface area contributed by atoms with E-state index in [0.717, 1.165) is 16.2 Å². The molecule has 4 heterocycles. The summed E-state index contributed by atoms with van der Waals surface area (Å²) in [6, 6.07) is 17.3. The normalized spacial score (nSPS) is 20.1. The van der Waals surface area contributed by atoms with E-state index in [0.29, 0.717) is 32.1 Å². The Morgan fingerprint density at radius 3 is 2.44 bits per heavy atom. The van der Waals surface area contributed by atoms with Crippen LogP contribution in [0.2, 0.25) is 5.02 Å². The molecule has 4 aromatic rings.